The van der Waals surface area contributed by atoms with Gasteiger partial charge in [0.05, 0.1) is 17.4 Å². The molecule has 1 N–H and O–H groups in total. The average Bonchev–Trinajstić information content (AvgIpc) is 2.88. The lowest BCUT2D eigenvalue weighted by molar-refractivity contribution is -0.136. The Labute approximate surface area is 189 Å². The molecule has 2 aliphatic carbocycles. The van der Waals surface area contributed by atoms with Gasteiger partial charge in [-0.1, -0.05) is 25.1 Å². The fraction of sp³-hybridized carbons (Fsp3) is 0.480. The molecule has 2 unspecified atom stereocenters. The molecule has 6 nitrogen and oxygen atoms in total. The molecule has 1 heterocycles. The largest absolute Gasteiger partial charge is 0.508 e. The molecular weight excluding hydrogens is 424 g/mol. The summed E-state index contributed by atoms with van der Waals surface area (Å²) in [7, 11) is 0.770. The van der Waals surface area contributed by atoms with Crippen LogP contribution in [0, 0.1) is 5.41 Å². The number of hydrogen-bond donors (Lipinski definition) is 1. The Bertz CT molecular complexity index is 1210. The molecule has 1 amide bonds. The number of phenolic OH excluding ortho intramolecular Hbond substituents is 1. The van der Waals surface area contributed by atoms with Gasteiger partial charge in [-0.05, 0) is 60.8 Å². The SMILES string of the molecule is CN1CC23Cc4ccc(O)cc4[C@@](C)(C2)[C@H](N(C)C(=O)Cc2ccc(S(C)(=O)=O)cc2)C13. The first-order valence-electron chi connectivity index (χ1n) is 11.0. The zero-order valence-electron chi connectivity index (χ0n) is 19.0. The summed E-state index contributed by atoms with van der Waals surface area (Å²) < 4.78 is 23.4. The summed E-state index contributed by atoms with van der Waals surface area (Å²) in [4.78, 5) is 17.9. The topological polar surface area (TPSA) is 77.9 Å². The van der Waals surface area contributed by atoms with Crippen molar-refractivity contribution >= 4 is 15.7 Å². The van der Waals surface area contributed by atoms with Crippen LogP contribution in [0.15, 0.2) is 47.4 Å². The Morgan fingerprint density at radius 2 is 1.91 bits per heavy atom. The maximum atomic E-state index is 13.4. The number of fused-ring (bicyclic) bond motifs is 3. The normalized spacial score (nSPS) is 30.9. The summed E-state index contributed by atoms with van der Waals surface area (Å²) in [6.45, 7) is 3.27. The van der Waals surface area contributed by atoms with Crippen LogP contribution in [0.4, 0.5) is 0 Å². The lowest BCUT2D eigenvalue weighted by atomic mass is 9.63. The van der Waals surface area contributed by atoms with E-state index in [1.807, 2.05) is 24.1 Å². The molecular formula is C25H30N2O4S. The van der Waals surface area contributed by atoms with Gasteiger partial charge < -0.3 is 14.9 Å². The van der Waals surface area contributed by atoms with Gasteiger partial charge in [-0.15, -0.1) is 0 Å². The van der Waals surface area contributed by atoms with Crippen LogP contribution < -0.4 is 0 Å². The van der Waals surface area contributed by atoms with Gasteiger partial charge in [0.1, 0.15) is 5.75 Å². The Morgan fingerprint density at radius 1 is 1.22 bits per heavy atom. The van der Waals surface area contributed by atoms with Crippen molar-refractivity contribution < 1.29 is 18.3 Å². The number of likely N-dealkylation sites (N-methyl/N-ethyl adjacent to an activating group) is 2. The first-order valence-corrected chi connectivity index (χ1v) is 12.9. The van der Waals surface area contributed by atoms with Crippen molar-refractivity contribution in [1.82, 2.24) is 9.80 Å². The predicted molar refractivity (Wildman–Crippen MR) is 122 cm³/mol. The first-order chi connectivity index (χ1) is 14.9. The fourth-order valence-corrected chi connectivity index (χ4v) is 7.65. The highest BCUT2D eigenvalue weighted by atomic mass is 32.2. The molecule has 1 aliphatic heterocycles. The van der Waals surface area contributed by atoms with E-state index in [1.165, 1.54) is 11.8 Å². The van der Waals surface area contributed by atoms with E-state index in [0.29, 0.717) is 0 Å². The van der Waals surface area contributed by atoms with E-state index in [-0.39, 0.29) is 45.9 Å². The van der Waals surface area contributed by atoms with Crippen LogP contribution in [0.1, 0.15) is 30.0 Å². The van der Waals surface area contributed by atoms with Crippen molar-refractivity contribution in [2.24, 2.45) is 5.41 Å². The van der Waals surface area contributed by atoms with E-state index in [1.54, 1.807) is 30.3 Å². The van der Waals surface area contributed by atoms with Crippen LogP contribution in [0.3, 0.4) is 0 Å². The van der Waals surface area contributed by atoms with Gasteiger partial charge in [0.25, 0.3) is 0 Å². The third-order valence-electron chi connectivity index (χ3n) is 8.11. The van der Waals surface area contributed by atoms with Gasteiger partial charge in [0.15, 0.2) is 9.84 Å². The molecule has 2 aromatic rings. The molecule has 4 atom stereocenters. The van der Waals surface area contributed by atoms with Crippen molar-refractivity contribution in [1.29, 1.82) is 0 Å². The molecule has 1 spiro atoms. The minimum absolute atomic E-state index is 0.00657. The van der Waals surface area contributed by atoms with Crippen molar-refractivity contribution in [3.05, 3.63) is 59.2 Å². The maximum absolute atomic E-state index is 13.4. The standard InChI is InChI=1S/C25H30N2O4S/c1-24-14-25(13-17-7-8-18(28)12-20(17)24)15-26(2)23(25)22(24)27(3)21(29)11-16-5-9-19(10-6-16)32(4,30)31/h5-10,12,22-23,28H,11,13-15H2,1-4H3/t22-,23?,24-,25?/m1/s1. The van der Waals surface area contributed by atoms with E-state index in [0.717, 1.165) is 30.5 Å². The predicted octanol–water partition coefficient (Wildman–Crippen LogP) is 2.38. The molecule has 1 saturated carbocycles. The number of amides is 1. The number of likely N-dealkylation sites (tertiary alicyclic amines) is 1. The minimum Gasteiger partial charge on any atom is -0.508 e. The van der Waals surface area contributed by atoms with Crippen molar-refractivity contribution in [3.63, 3.8) is 0 Å². The molecule has 1 saturated heterocycles. The second-order valence-corrected chi connectivity index (χ2v) is 12.4. The quantitative estimate of drug-likeness (QED) is 0.768. The molecule has 0 radical (unpaired) electrons. The fourth-order valence-electron chi connectivity index (χ4n) is 7.02. The Hall–Kier alpha value is -2.38. The Kier molecular flexibility index (Phi) is 4.57. The van der Waals surface area contributed by atoms with E-state index in [4.69, 9.17) is 0 Å². The molecule has 2 bridgehead atoms. The number of nitrogens with zero attached hydrogens (tertiary/aromatic N) is 2. The van der Waals surface area contributed by atoms with Gasteiger partial charge >= 0.3 is 0 Å². The molecule has 2 fully saturated rings. The lowest BCUT2D eigenvalue weighted by Gasteiger charge is -2.55. The van der Waals surface area contributed by atoms with E-state index >= 15 is 0 Å². The monoisotopic (exact) mass is 454 g/mol. The molecule has 0 aromatic heterocycles. The number of phenols is 1. The van der Waals surface area contributed by atoms with Gasteiger partial charge in [-0.3, -0.25) is 4.79 Å². The minimum atomic E-state index is -3.26. The molecule has 7 heteroatoms. The number of benzene rings is 2. The summed E-state index contributed by atoms with van der Waals surface area (Å²) >= 11 is 0. The highest BCUT2D eigenvalue weighted by Crippen LogP contribution is 2.64. The van der Waals surface area contributed by atoms with Crippen molar-refractivity contribution in [2.45, 2.75) is 48.6 Å². The van der Waals surface area contributed by atoms with Crippen LogP contribution in [0.2, 0.25) is 0 Å². The Morgan fingerprint density at radius 3 is 2.53 bits per heavy atom. The number of aromatic hydroxyl groups is 1. The number of sulfone groups is 1. The second-order valence-electron chi connectivity index (χ2n) is 10.4. The number of carbonyl (C=O) groups is 1. The smallest absolute Gasteiger partial charge is 0.227 e. The zero-order chi connectivity index (χ0) is 23.1. The van der Waals surface area contributed by atoms with Crippen LogP contribution in [-0.2, 0) is 32.9 Å². The lowest BCUT2D eigenvalue weighted by Crippen LogP contribution is -2.67. The van der Waals surface area contributed by atoms with Crippen LogP contribution in [0.5, 0.6) is 5.75 Å². The Balaban J connectivity index is 1.46. The number of carbonyl (C=O) groups excluding carboxylic acids is 1. The highest BCUT2D eigenvalue weighted by Gasteiger charge is 2.70. The van der Waals surface area contributed by atoms with Gasteiger partial charge in [-0.2, -0.15) is 0 Å². The molecule has 2 aromatic carbocycles. The summed E-state index contributed by atoms with van der Waals surface area (Å²) in [5.74, 6) is 0.292. The summed E-state index contributed by atoms with van der Waals surface area (Å²) in [5, 5.41) is 10.2. The van der Waals surface area contributed by atoms with E-state index in [2.05, 4.69) is 18.9 Å². The van der Waals surface area contributed by atoms with Crippen LogP contribution >= 0.6 is 0 Å². The second kappa shape index (κ2) is 6.81. The van der Waals surface area contributed by atoms with Gasteiger partial charge in [0.2, 0.25) is 5.91 Å². The van der Waals surface area contributed by atoms with Crippen LogP contribution in [-0.4, -0.2) is 68.2 Å². The highest BCUT2D eigenvalue weighted by molar-refractivity contribution is 7.90. The number of rotatable bonds is 4. The molecule has 5 rings (SSSR count). The van der Waals surface area contributed by atoms with Crippen molar-refractivity contribution in [3.8, 4) is 5.75 Å². The average molecular weight is 455 g/mol. The van der Waals surface area contributed by atoms with Crippen molar-refractivity contribution in [2.75, 3.05) is 26.9 Å². The molecule has 3 aliphatic rings. The summed E-state index contributed by atoms with van der Waals surface area (Å²) in [6, 6.07) is 12.6. The van der Waals surface area contributed by atoms with Crippen LogP contribution in [0.25, 0.3) is 0 Å². The zero-order valence-corrected chi connectivity index (χ0v) is 19.8. The van der Waals surface area contributed by atoms with E-state index in [9.17, 15) is 18.3 Å². The molecule has 170 valence electrons. The summed E-state index contributed by atoms with van der Waals surface area (Å²) in [6.07, 6.45) is 3.40. The molecule has 32 heavy (non-hydrogen) atoms. The van der Waals surface area contributed by atoms with E-state index < -0.39 is 9.84 Å². The first kappa shape index (κ1) is 21.5. The number of hydrogen-bond acceptors (Lipinski definition) is 5. The third-order valence-corrected chi connectivity index (χ3v) is 9.23. The maximum Gasteiger partial charge on any atom is 0.227 e. The van der Waals surface area contributed by atoms with Gasteiger partial charge in [-0.25, -0.2) is 8.42 Å². The van der Waals surface area contributed by atoms with Gasteiger partial charge in [0, 0.05) is 36.7 Å². The third kappa shape index (κ3) is 3.01. The summed E-state index contributed by atoms with van der Waals surface area (Å²) in [5.41, 5.74) is 3.19.